The maximum atomic E-state index is 5.36. The van der Waals surface area contributed by atoms with E-state index in [4.69, 9.17) is 4.74 Å². The molecule has 2 rings (SSSR count). The van der Waals surface area contributed by atoms with Crippen LogP contribution in [0.15, 0.2) is 0 Å². The van der Waals surface area contributed by atoms with E-state index in [2.05, 4.69) is 10.2 Å². The first-order valence-electron chi connectivity index (χ1n) is 3.99. The zero-order valence-electron chi connectivity index (χ0n) is 6.99. The normalized spacial score (nSPS) is 29.5. The van der Waals surface area contributed by atoms with Crippen LogP contribution in [0.25, 0.3) is 0 Å². The van der Waals surface area contributed by atoms with Gasteiger partial charge in [-0.3, -0.25) is 4.90 Å². The van der Waals surface area contributed by atoms with Crippen LogP contribution in [0.2, 0.25) is 0 Å². The van der Waals surface area contributed by atoms with Crippen molar-refractivity contribution in [3.8, 4) is 0 Å². The number of piperazine rings is 1. The van der Waals surface area contributed by atoms with Crippen LogP contribution in [0.4, 0.5) is 0 Å². The van der Waals surface area contributed by atoms with Crippen molar-refractivity contribution in [2.45, 2.75) is 6.04 Å². The minimum Gasteiger partial charge on any atom is -0.378 e. The van der Waals surface area contributed by atoms with Gasteiger partial charge in [0.05, 0.1) is 13.2 Å². The number of nitrogens with zero attached hydrogens (tertiary/aromatic N) is 1. The van der Waals surface area contributed by atoms with Crippen molar-refractivity contribution >= 4 is 24.8 Å². The fraction of sp³-hybridized carbons (Fsp3) is 1.00. The molecule has 12 heavy (non-hydrogen) atoms. The fourth-order valence-corrected chi connectivity index (χ4v) is 1.66. The summed E-state index contributed by atoms with van der Waals surface area (Å²) in [6, 6.07) is 0.655. The molecular weight excluding hydrogens is 199 g/mol. The summed E-state index contributed by atoms with van der Waals surface area (Å²) in [4.78, 5) is 2.51. The molecule has 2 aliphatic rings. The molecule has 2 heterocycles. The van der Waals surface area contributed by atoms with Crippen LogP contribution >= 0.6 is 24.8 Å². The lowest BCUT2D eigenvalue weighted by atomic mass is 10.2. The Morgan fingerprint density at radius 2 is 2.08 bits per heavy atom. The Labute approximate surface area is 85.6 Å². The molecule has 0 aliphatic carbocycles. The van der Waals surface area contributed by atoms with Crippen molar-refractivity contribution in [1.82, 2.24) is 10.2 Å². The standard InChI is InChI=1S/C7H14N2O.2ClH/c1-2-9-3-4-10-6-7(9)5-8-1;;/h7-8H,1-6H2;2*1H. The SMILES string of the molecule is C1CN2CCOCC2CN1.Cl.Cl. The van der Waals surface area contributed by atoms with E-state index in [9.17, 15) is 0 Å². The van der Waals surface area contributed by atoms with Gasteiger partial charge in [0.15, 0.2) is 0 Å². The zero-order chi connectivity index (χ0) is 6.81. The fourth-order valence-electron chi connectivity index (χ4n) is 1.66. The molecule has 1 N–H and O–H groups in total. The molecule has 2 saturated heterocycles. The van der Waals surface area contributed by atoms with Gasteiger partial charge in [-0.1, -0.05) is 0 Å². The summed E-state index contributed by atoms with van der Waals surface area (Å²) in [5.41, 5.74) is 0. The predicted molar refractivity (Wildman–Crippen MR) is 53.5 cm³/mol. The summed E-state index contributed by atoms with van der Waals surface area (Å²) in [5, 5.41) is 3.36. The number of morpholine rings is 1. The molecule has 0 aromatic rings. The minimum absolute atomic E-state index is 0. The van der Waals surface area contributed by atoms with Gasteiger partial charge in [0, 0.05) is 32.2 Å². The van der Waals surface area contributed by atoms with Gasteiger partial charge in [-0.25, -0.2) is 0 Å². The maximum Gasteiger partial charge on any atom is 0.0634 e. The lowest BCUT2D eigenvalue weighted by molar-refractivity contribution is -0.0168. The van der Waals surface area contributed by atoms with Crippen molar-refractivity contribution in [2.75, 3.05) is 39.4 Å². The largest absolute Gasteiger partial charge is 0.378 e. The first-order valence-corrected chi connectivity index (χ1v) is 3.99. The summed E-state index contributed by atoms with van der Waals surface area (Å²) in [6.07, 6.45) is 0. The number of rotatable bonds is 0. The quantitative estimate of drug-likeness (QED) is 0.621. The molecule has 1 unspecified atom stereocenters. The highest BCUT2D eigenvalue weighted by molar-refractivity contribution is 5.85. The van der Waals surface area contributed by atoms with Crippen LogP contribution in [-0.4, -0.2) is 50.3 Å². The Balaban J connectivity index is 0.000000605. The third kappa shape index (κ3) is 2.75. The molecule has 1 atom stereocenters. The second-order valence-corrected chi connectivity index (χ2v) is 2.97. The number of halogens is 2. The average Bonchev–Trinajstić information content (AvgIpc) is 2.05. The van der Waals surface area contributed by atoms with Crippen LogP contribution < -0.4 is 5.32 Å². The summed E-state index contributed by atoms with van der Waals surface area (Å²) in [7, 11) is 0. The van der Waals surface area contributed by atoms with Gasteiger partial charge in [-0.05, 0) is 0 Å². The molecule has 2 fully saturated rings. The molecule has 0 saturated carbocycles. The highest BCUT2D eigenvalue weighted by atomic mass is 35.5. The third-order valence-electron chi connectivity index (χ3n) is 2.31. The van der Waals surface area contributed by atoms with E-state index < -0.39 is 0 Å². The molecule has 74 valence electrons. The van der Waals surface area contributed by atoms with Crippen LogP contribution in [-0.2, 0) is 4.74 Å². The van der Waals surface area contributed by atoms with Crippen molar-refractivity contribution < 1.29 is 4.74 Å². The Hall–Kier alpha value is 0.460. The van der Waals surface area contributed by atoms with Crippen LogP contribution in [0.1, 0.15) is 0 Å². The third-order valence-corrected chi connectivity index (χ3v) is 2.31. The number of ether oxygens (including phenoxy) is 1. The van der Waals surface area contributed by atoms with Crippen LogP contribution in [0.3, 0.4) is 0 Å². The average molecular weight is 215 g/mol. The maximum absolute atomic E-state index is 5.36. The van der Waals surface area contributed by atoms with E-state index in [1.807, 2.05) is 0 Å². The van der Waals surface area contributed by atoms with Crippen molar-refractivity contribution in [1.29, 1.82) is 0 Å². The van der Waals surface area contributed by atoms with Gasteiger partial charge in [-0.15, -0.1) is 24.8 Å². The predicted octanol–water partition coefficient (Wildman–Crippen LogP) is 0.134. The lowest BCUT2D eigenvalue weighted by Gasteiger charge is -2.39. The van der Waals surface area contributed by atoms with Crippen molar-refractivity contribution in [3.05, 3.63) is 0 Å². The van der Waals surface area contributed by atoms with Crippen LogP contribution in [0.5, 0.6) is 0 Å². The monoisotopic (exact) mass is 214 g/mol. The molecule has 2 aliphatic heterocycles. The Kier molecular flexibility index (Phi) is 6.23. The number of hydrogen-bond donors (Lipinski definition) is 1. The van der Waals surface area contributed by atoms with E-state index in [1.165, 1.54) is 6.54 Å². The lowest BCUT2D eigenvalue weighted by Crippen LogP contribution is -2.56. The molecule has 0 amide bonds. The second kappa shape index (κ2) is 6.00. The number of hydrogen-bond acceptors (Lipinski definition) is 3. The second-order valence-electron chi connectivity index (χ2n) is 2.97. The zero-order valence-corrected chi connectivity index (χ0v) is 8.62. The summed E-state index contributed by atoms with van der Waals surface area (Å²) in [6.45, 7) is 6.44. The summed E-state index contributed by atoms with van der Waals surface area (Å²) >= 11 is 0. The van der Waals surface area contributed by atoms with Crippen molar-refractivity contribution in [3.63, 3.8) is 0 Å². The van der Waals surface area contributed by atoms with Gasteiger partial charge in [0.1, 0.15) is 0 Å². The van der Waals surface area contributed by atoms with E-state index >= 15 is 0 Å². The Morgan fingerprint density at radius 3 is 2.83 bits per heavy atom. The molecule has 5 heteroatoms. The van der Waals surface area contributed by atoms with E-state index in [1.54, 1.807) is 0 Å². The summed E-state index contributed by atoms with van der Waals surface area (Å²) < 4.78 is 5.36. The Bertz CT molecular complexity index is 100.0. The van der Waals surface area contributed by atoms with Crippen molar-refractivity contribution in [2.24, 2.45) is 0 Å². The van der Waals surface area contributed by atoms with Gasteiger partial charge in [-0.2, -0.15) is 0 Å². The van der Waals surface area contributed by atoms with E-state index in [0.717, 1.165) is 32.8 Å². The minimum atomic E-state index is 0. The first-order chi connectivity index (χ1) is 4.97. The molecule has 0 spiro atoms. The molecule has 0 radical (unpaired) electrons. The van der Waals surface area contributed by atoms with Gasteiger partial charge >= 0.3 is 0 Å². The smallest absolute Gasteiger partial charge is 0.0634 e. The highest BCUT2D eigenvalue weighted by Gasteiger charge is 2.24. The number of nitrogens with one attached hydrogen (secondary N) is 1. The van der Waals surface area contributed by atoms with Crippen LogP contribution in [0, 0.1) is 0 Å². The molecule has 3 nitrogen and oxygen atoms in total. The van der Waals surface area contributed by atoms with E-state index in [-0.39, 0.29) is 24.8 Å². The summed E-state index contributed by atoms with van der Waals surface area (Å²) in [5.74, 6) is 0. The van der Waals surface area contributed by atoms with Gasteiger partial charge < -0.3 is 10.1 Å². The Morgan fingerprint density at radius 1 is 1.25 bits per heavy atom. The highest BCUT2D eigenvalue weighted by Crippen LogP contribution is 2.07. The molecule has 0 aromatic carbocycles. The van der Waals surface area contributed by atoms with Gasteiger partial charge in [0.25, 0.3) is 0 Å². The van der Waals surface area contributed by atoms with E-state index in [0.29, 0.717) is 6.04 Å². The first kappa shape index (κ1) is 12.5. The molecule has 0 bridgehead atoms. The number of fused-ring (bicyclic) bond motifs is 1. The van der Waals surface area contributed by atoms with Gasteiger partial charge in [0.2, 0.25) is 0 Å². The topological polar surface area (TPSA) is 24.5 Å². The molecular formula is C7H16Cl2N2O. The molecule has 0 aromatic heterocycles.